The average molecular weight is 464 g/mol. The van der Waals surface area contributed by atoms with Gasteiger partial charge in [0, 0.05) is 48.7 Å². The largest absolute Gasteiger partial charge is 0.403 e. The standard InChI is InChI=1S/C23H26FN9O/c1-33-6-5-15-20(29-13-3-2-4-14(8-13)30-23(34)18(26)9-25)31-21(32-22(15)33)17-11-28-19-16(17)7-12(24)10-27-19/h5-7,9-11,13-14H,2-4,8,25-26H2,1H3,(H,27,28)(H,30,34)(H,29,31,32)/b18-9-. The molecule has 4 aromatic heterocycles. The number of aryl methyl sites for hydroxylation is 1. The van der Waals surface area contributed by atoms with Gasteiger partial charge in [0.15, 0.2) is 5.82 Å². The molecule has 0 bridgehead atoms. The molecular formula is C23H26FN9O. The summed E-state index contributed by atoms with van der Waals surface area (Å²) in [5.41, 5.74) is 13.0. The number of carbonyl (C=O) groups is 1. The van der Waals surface area contributed by atoms with E-state index in [2.05, 4.69) is 20.6 Å². The van der Waals surface area contributed by atoms with E-state index in [4.69, 9.17) is 21.4 Å². The lowest BCUT2D eigenvalue weighted by Gasteiger charge is -2.31. The molecule has 1 fully saturated rings. The number of H-pyrrole nitrogens is 1. The predicted octanol–water partition coefficient (Wildman–Crippen LogP) is 2.25. The van der Waals surface area contributed by atoms with Crippen LogP contribution >= 0.6 is 0 Å². The highest BCUT2D eigenvalue weighted by Gasteiger charge is 2.25. The summed E-state index contributed by atoms with van der Waals surface area (Å²) in [5.74, 6) is 0.379. The van der Waals surface area contributed by atoms with Crippen LogP contribution in [0.5, 0.6) is 0 Å². The van der Waals surface area contributed by atoms with Gasteiger partial charge in [-0.3, -0.25) is 4.79 Å². The van der Waals surface area contributed by atoms with Crippen LogP contribution in [0.15, 0.2) is 42.6 Å². The van der Waals surface area contributed by atoms with Gasteiger partial charge in [-0.1, -0.05) is 0 Å². The third kappa shape index (κ3) is 4.00. The van der Waals surface area contributed by atoms with Crippen LogP contribution in [-0.2, 0) is 11.8 Å². The van der Waals surface area contributed by atoms with Crippen molar-refractivity contribution in [2.75, 3.05) is 5.32 Å². The Morgan fingerprint density at radius 3 is 2.94 bits per heavy atom. The summed E-state index contributed by atoms with van der Waals surface area (Å²) < 4.78 is 15.8. The quantitative estimate of drug-likeness (QED) is 0.285. The number of pyridine rings is 1. The average Bonchev–Trinajstić information content (AvgIpc) is 3.42. The van der Waals surface area contributed by atoms with E-state index in [0.29, 0.717) is 28.2 Å². The molecule has 0 radical (unpaired) electrons. The molecule has 11 heteroatoms. The Labute approximate surface area is 194 Å². The first-order chi connectivity index (χ1) is 16.4. The van der Waals surface area contributed by atoms with Crippen molar-refractivity contribution in [1.29, 1.82) is 0 Å². The van der Waals surface area contributed by atoms with Gasteiger partial charge in [0.1, 0.15) is 28.6 Å². The van der Waals surface area contributed by atoms with Gasteiger partial charge < -0.3 is 31.7 Å². The molecule has 5 rings (SSSR count). The van der Waals surface area contributed by atoms with E-state index in [1.807, 2.05) is 23.9 Å². The molecule has 1 amide bonds. The Morgan fingerprint density at radius 2 is 2.12 bits per heavy atom. The lowest BCUT2D eigenvalue weighted by molar-refractivity contribution is -0.118. The third-order valence-electron chi connectivity index (χ3n) is 6.26. The van der Waals surface area contributed by atoms with Crippen LogP contribution in [0.4, 0.5) is 10.2 Å². The molecule has 176 valence electrons. The number of fused-ring (bicyclic) bond motifs is 2. The molecule has 34 heavy (non-hydrogen) atoms. The zero-order valence-electron chi connectivity index (χ0n) is 18.7. The molecule has 10 nitrogen and oxygen atoms in total. The maximum absolute atomic E-state index is 13.9. The second-order valence-corrected chi connectivity index (χ2v) is 8.61. The maximum Gasteiger partial charge on any atom is 0.268 e. The molecule has 0 spiro atoms. The Kier molecular flexibility index (Phi) is 5.52. The summed E-state index contributed by atoms with van der Waals surface area (Å²) in [5, 5.41) is 8.01. The van der Waals surface area contributed by atoms with Gasteiger partial charge in [0.25, 0.3) is 5.91 Å². The monoisotopic (exact) mass is 463 g/mol. The minimum Gasteiger partial charge on any atom is -0.403 e. The van der Waals surface area contributed by atoms with E-state index >= 15 is 0 Å². The zero-order valence-corrected chi connectivity index (χ0v) is 18.7. The number of hydrogen-bond donors (Lipinski definition) is 5. The fourth-order valence-electron chi connectivity index (χ4n) is 4.52. The second kappa shape index (κ2) is 8.65. The summed E-state index contributed by atoms with van der Waals surface area (Å²) in [6, 6.07) is 3.46. The Morgan fingerprint density at radius 1 is 1.29 bits per heavy atom. The number of carbonyl (C=O) groups excluding carboxylic acids is 1. The van der Waals surface area contributed by atoms with Crippen molar-refractivity contribution in [2.24, 2.45) is 18.5 Å². The molecule has 0 saturated heterocycles. The van der Waals surface area contributed by atoms with Gasteiger partial charge in [-0.2, -0.15) is 0 Å². The van der Waals surface area contributed by atoms with E-state index in [1.54, 1.807) is 6.20 Å². The fourth-order valence-corrected chi connectivity index (χ4v) is 4.52. The van der Waals surface area contributed by atoms with E-state index < -0.39 is 5.82 Å². The van der Waals surface area contributed by atoms with Crippen molar-refractivity contribution < 1.29 is 9.18 Å². The van der Waals surface area contributed by atoms with Crippen LogP contribution in [0.2, 0.25) is 0 Å². The molecule has 0 aromatic carbocycles. The summed E-state index contributed by atoms with van der Waals surface area (Å²) in [6.45, 7) is 0. The van der Waals surface area contributed by atoms with Crippen molar-refractivity contribution in [3.63, 3.8) is 0 Å². The topological polar surface area (TPSA) is 153 Å². The fraction of sp³-hybridized carbons (Fsp3) is 0.304. The van der Waals surface area contributed by atoms with Gasteiger partial charge in [-0.15, -0.1) is 0 Å². The van der Waals surface area contributed by atoms with Crippen LogP contribution in [0.1, 0.15) is 25.7 Å². The molecular weight excluding hydrogens is 437 g/mol. The van der Waals surface area contributed by atoms with Gasteiger partial charge in [-0.05, 0) is 37.8 Å². The second-order valence-electron chi connectivity index (χ2n) is 8.61. The molecule has 7 N–H and O–H groups in total. The molecule has 2 unspecified atom stereocenters. The molecule has 4 aromatic rings. The van der Waals surface area contributed by atoms with Crippen molar-refractivity contribution in [2.45, 2.75) is 37.8 Å². The molecule has 4 heterocycles. The number of rotatable bonds is 5. The molecule has 1 aliphatic carbocycles. The van der Waals surface area contributed by atoms with E-state index in [-0.39, 0.29) is 23.7 Å². The summed E-state index contributed by atoms with van der Waals surface area (Å²) in [7, 11) is 1.92. The first-order valence-corrected chi connectivity index (χ1v) is 11.1. The van der Waals surface area contributed by atoms with E-state index in [1.165, 1.54) is 12.3 Å². The molecule has 1 saturated carbocycles. The van der Waals surface area contributed by atoms with Crippen LogP contribution in [0, 0.1) is 5.82 Å². The van der Waals surface area contributed by atoms with Crippen molar-refractivity contribution in [3.05, 3.63) is 48.4 Å². The number of aromatic amines is 1. The lowest BCUT2D eigenvalue weighted by atomic mass is 9.90. The highest BCUT2D eigenvalue weighted by atomic mass is 19.1. The smallest absolute Gasteiger partial charge is 0.268 e. The Hall–Kier alpha value is -4.15. The highest BCUT2D eigenvalue weighted by molar-refractivity contribution is 5.95. The normalized spacial score (nSPS) is 18.9. The Bertz CT molecular complexity index is 1410. The number of aromatic nitrogens is 5. The lowest BCUT2D eigenvalue weighted by Crippen LogP contribution is -2.43. The van der Waals surface area contributed by atoms with Gasteiger partial charge in [-0.25, -0.2) is 19.3 Å². The number of anilines is 1. The van der Waals surface area contributed by atoms with Crippen LogP contribution in [-0.4, -0.2) is 42.5 Å². The highest BCUT2D eigenvalue weighted by Crippen LogP contribution is 2.31. The molecule has 2 atom stereocenters. The van der Waals surface area contributed by atoms with Crippen LogP contribution in [0.3, 0.4) is 0 Å². The number of nitrogens with one attached hydrogen (secondary N) is 3. The third-order valence-corrected chi connectivity index (χ3v) is 6.26. The van der Waals surface area contributed by atoms with Gasteiger partial charge in [0.2, 0.25) is 0 Å². The number of nitrogens with two attached hydrogens (primary N) is 2. The predicted molar refractivity (Wildman–Crippen MR) is 128 cm³/mol. The SMILES string of the molecule is Cn1ccc2c(NC3CCCC(NC(=O)/C(N)=C/N)C3)nc(-c3c[nH]c4ncc(F)cc34)nc21. The minimum atomic E-state index is -0.424. The number of halogens is 1. The summed E-state index contributed by atoms with van der Waals surface area (Å²) >= 11 is 0. The first-order valence-electron chi connectivity index (χ1n) is 11.1. The minimum absolute atomic E-state index is 0.00572. The first kappa shape index (κ1) is 21.7. The molecule has 1 aliphatic rings. The molecule has 0 aliphatic heterocycles. The number of hydrogen-bond acceptors (Lipinski definition) is 7. The van der Waals surface area contributed by atoms with Crippen molar-refractivity contribution in [3.8, 4) is 11.4 Å². The Balaban J connectivity index is 1.46. The van der Waals surface area contributed by atoms with Crippen molar-refractivity contribution in [1.82, 2.24) is 29.8 Å². The van der Waals surface area contributed by atoms with Gasteiger partial charge >= 0.3 is 0 Å². The summed E-state index contributed by atoms with van der Waals surface area (Å²) in [6.07, 6.45) is 9.41. The maximum atomic E-state index is 13.9. The van der Waals surface area contributed by atoms with E-state index in [0.717, 1.165) is 42.9 Å². The number of nitrogens with zero attached hydrogens (tertiary/aromatic N) is 4. The van der Waals surface area contributed by atoms with Gasteiger partial charge in [0.05, 0.1) is 11.6 Å². The van der Waals surface area contributed by atoms with Crippen molar-refractivity contribution >= 4 is 33.8 Å². The summed E-state index contributed by atoms with van der Waals surface area (Å²) in [4.78, 5) is 28.9. The number of amides is 1. The van der Waals surface area contributed by atoms with Crippen LogP contribution in [0.25, 0.3) is 33.5 Å². The van der Waals surface area contributed by atoms with Crippen LogP contribution < -0.4 is 22.1 Å². The zero-order chi connectivity index (χ0) is 23.8. The van der Waals surface area contributed by atoms with E-state index in [9.17, 15) is 9.18 Å².